The maximum atomic E-state index is 11.9. The molecule has 2 N–H and O–H groups in total. The average Bonchev–Trinajstić information content (AvgIpc) is 2.54. The van der Waals surface area contributed by atoms with Gasteiger partial charge in [-0.25, -0.2) is 0 Å². The second-order valence-corrected chi connectivity index (χ2v) is 4.55. The molecular formula is C17H17N3O2. The van der Waals surface area contributed by atoms with Crippen LogP contribution < -0.4 is 10.6 Å². The maximum Gasteiger partial charge on any atom is 0.251 e. The third-order valence-electron chi connectivity index (χ3n) is 2.84. The highest BCUT2D eigenvalue weighted by Gasteiger charge is 2.05. The summed E-state index contributed by atoms with van der Waals surface area (Å²) in [5, 5.41) is 5.44. The molecule has 0 spiro atoms. The Bertz CT molecular complexity index is 681. The van der Waals surface area contributed by atoms with Crippen LogP contribution in [0.3, 0.4) is 0 Å². The number of benzene rings is 1. The van der Waals surface area contributed by atoms with Crippen LogP contribution in [0, 0.1) is 0 Å². The van der Waals surface area contributed by atoms with Gasteiger partial charge >= 0.3 is 0 Å². The Morgan fingerprint density at radius 2 is 2.09 bits per heavy atom. The second kappa shape index (κ2) is 7.73. The van der Waals surface area contributed by atoms with Crippen molar-refractivity contribution in [2.24, 2.45) is 0 Å². The first kappa shape index (κ1) is 15.4. The highest BCUT2D eigenvalue weighted by molar-refractivity contribution is 6.03. The largest absolute Gasteiger partial charge is 0.352 e. The van der Waals surface area contributed by atoms with E-state index >= 15 is 0 Å². The van der Waals surface area contributed by atoms with Crippen LogP contribution in [-0.4, -0.2) is 23.3 Å². The van der Waals surface area contributed by atoms with Gasteiger partial charge in [0.05, 0.1) is 0 Å². The van der Waals surface area contributed by atoms with E-state index in [1.807, 2.05) is 13.0 Å². The number of carbonyl (C=O) groups excluding carboxylic acids is 2. The zero-order valence-electron chi connectivity index (χ0n) is 12.2. The van der Waals surface area contributed by atoms with Crippen LogP contribution in [0.5, 0.6) is 0 Å². The molecule has 2 rings (SSSR count). The van der Waals surface area contributed by atoms with Crippen molar-refractivity contribution in [3.63, 3.8) is 0 Å². The van der Waals surface area contributed by atoms with E-state index in [1.165, 1.54) is 6.08 Å². The van der Waals surface area contributed by atoms with Crippen LogP contribution in [0.2, 0.25) is 0 Å². The Balaban J connectivity index is 2.01. The number of amides is 2. The van der Waals surface area contributed by atoms with Gasteiger partial charge in [0.25, 0.3) is 5.91 Å². The van der Waals surface area contributed by atoms with E-state index in [9.17, 15) is 9.59 Å². The van der Waals surface area contributed by atoms with E-state index in [-0.39, 0.29) is 11.8 Å². The van der Waals surface area contributed by atoms with Gasteiger partial charge in [0.2, 0.25) is 5.91 Å². The number of hydrogen-bond donors (Lipinski definition) is 2. The SMILES string of the molecule is CCNC(=O)c1cccc(NC(=O)/C=C/c2cccnc2)c1. The highest BCUT2D eigenvalue weighted by Crippen LogP contribution is 2.11. The van der Waals surface area contributed by atoms with Crippen LogP contribution in [-0.2, 0) is 4.79 Å². The molecule has 5 nitrogen and oxygen atoms in total. The molecule has 1 aromatic carbocycles. The van der Waals surface area contributed by atoms with Gasteiger partial charge < -0.3 is 10.6 Å². The lowest BCUT2D eigenvalue weighted by molar-refractivity contribution is -0.111. The molecule has 2 amide bonds. The summed E-state index contributed by atoms with van der Waals surface area (Å²) in [6, 6.07) is 10.5. The highest BCUT2D eigenvalue weighted by atomic mass is 16.2. The minimum absolute atomic E-state index is 0.162. The number of hydrogen-bond acceptors (Lipinski definition) is 3. The van der Waals surface area contributed by atoms with E-state index in [1.54, 1.807) is 48.8 Å². The molecule has 1 aromatic heterocycles. The van der Waals surface area contributed by atoms with Gasteiger partial charge in [-0.2, -0.15) is 0 Å². The fourth-order valence-corrected chi connectivity index (χ4v) is 1.83. The molecule has 0 saturated carbocycles. The number of aromatic nitrogens is 1. The quantitative estimate of drug-likeness (QED) is 0.832. The monoisotopic (exact) mass is 295 g/mol. The molecule has 0 atom stereocenters. The van der Waals surface area contributed by atoms with Crippen LogP contribution in [0.15, 0.2) is 54.9 Å². The molecule has 0 aliphatic carbocycles. The van der Waals surface area contributed by atoms with Gasteiger partial charge in [0.1, 0.15) is 0 Å². The minimum Gasteiger partial charge on any atom is -0.352 e. The normalized spacial score (nSPS) is 10.4. The predicted molar refractivity (Wildman–Crippen MR) is 86.3 cm³/mol. The number of nitrogens with zero attached hydrogens (tertiary/aromatic N) is 1. The third kappa shape index (κ3) is 4.56. The summed E-state index contributed by atoms with van der Waals surface area (Å²) in [5.74, 6) is -0.429. The van der Waals surface area contributed by atoms with Crippen molar-refractivity contribution in [2.75, 3.05) is 11.9 Å². The Hall–Kier alpha value is -2.95. The van der Waals surface area contributed by atoms with Gasteiger partial charge in [-0.15, -0.1) is 0 Å². The van der Waals surface area contributed by atoms with E-state index in [2.05, 4.69) is 15.6 Å². The Kier molecular flexibility index (Phi) is 5.43. The van der Waals surface area contributed by atoms with Gasteiger partial charge in [0.15, 0.2) is 0 Å². The number of rotatable bonds is 5. The van der Waals surface area contributed by atoms with Gasteiger partial charge in [0, 0.05) is 36.3 Å². The average molecular weight is 295 g/mol. The summed E-state index contributed by atoms with van der Waals surface area (Å²) >= 11 is 0. The number of nitrogens with one attached hydrogen (secondary N) is 2. The zero-order chi connectivity index (χ0) is 15.8. The lowest BCUT2D eigenvalue weighted by Gasteiger charge is -2.06. The van der Waals surface area contributed by atoms with E-state index in [0.29, 0.717) is 17.8 Å². The van der Waals surface area contributed by atoms with Gasteiger partial charge in [-0.1, -0.05) is 12.1 Å². The molecule has 22 heavy (non-hydrogen) atoms. The summed E-state index contributed by atoms with van der Waals surface area (Å²) < 4.78 is 0. The Morgan fingerprint density at radius 1 is 1.23 bits per heavy atom. The first-order valence-electron chi connectivity index (χ1n) is 6.96. The molecule has 0 radical (unpaired) electrons. The number of pyridine rings is 1. The second-order valence-electron chi connectivity index (χ2n) is 4.55. The smallest absolute Gasteiger partial charge is 0.251 e. The van der Waals surface area contributed by atoms with Crippen molar-refractivity contribution in [3.05, 3.63) is 66.0 Å². The van der Waals surface area contributed by atoms with E-state index in [4.69, 9.17) is 0 Å². The summed E-state index contributed by atoms with van der Waals surface area (Å²) in [7, 11) is 0. The third-order valence-corrected chi connectivity index (χ3v) is 2.84. The molecule has 0 fully saturated rings. The summed E-state index contributed by atoms with van der Waals surface area (Å²) in [6.07, 6.45) is 6.44. The lowest BCUT2D eigenvalue weighted by Crippen LogP contribution is -2.22. The van der Waals surface area contributed by atoms with Crippen molar-refractivity contribution in [3.8, 4) is 0 Å². The van der Waals surface area contributed by atoms with Crippen molar-refractivity contribution < 1.29 is 9.59 Å². The van der Waals surface area contributed by atoms with Crippen LogP contribution in [0.25, 0.3) is 6.08 Å². The van der Waals surface area contributed by atoms with Crippen molar-refractivity contribution in [1.82, 2.24) is 10.3 Å². The standard InChI is InChI=1S/C17H17N3O2/c1-2-19-17(22)14-6-3-7-15(11-14)20-16(21)9-8-13-5-4-10-18-12-13/h3-12H,2H2,1H3,(H,19,22)(H,20,21)/b9-8+. The first-order chi connectivity index (χ1) is 10.7. The summed E-state index contributed by atoms with van der Waals surface area (Å²) in [6.45, 7) is 2.41. The molecule has 0 unspecified atom stereocenters. The fourth-order valence-electron chi connectivity index (χ4n) is 1.83. The van der Waals surface area contributed by atoms with Crippen molar-refractivity contribution >= 4 is 23.6 Å². The maximum absolute atomic E-state index is 11.9. The summed E-state index contributed by atoms with van der Waals surface area (Å²) in [5.41, 5.74) is 1.93. The first-order valence-corrected chi connectivity index (χ1v) is 6.96. The van der Waals surface area contributed by atoms with E-state index in [0.717, 1.165) is 5.56 Å². The molecule has 1 heterocycles. The van der Waals surface area contributed by atoms with Crippen LogP contribution in [0.1, 0.15) is 22.8 Å². The van der Waals surface area contributed by atoms with Gasteiger partial charge in [-0.3, -0.25) is 14.6 Å². The number of anilines is 1. The predicted octanol–water partition coefficient (Wildman–Crippen LogP) is 2.48. The molecule has 0 saturated heterocycles. The van der Waals surface area contributed by atoms with Crippen LogP contribution in [0.4, 0.5) is 5.69 Å². The minimum atomic E-state index is -0.267. The lowest BCUT2D eigenvalue weighted by atomic mass is 10.2. The Morgan fingerprint density at radius 3 is 2.82 bits per heavy atom. The molecule has 0 bridgehead atoms. The van der Waals surface area contributed by atoms with Gasteiger partial charge in [-0.05, 0) is 42.8 Å². The number of carbonyl (C=O) groups is 2. The van der Waals surface area contributed by atoms with E-state index < -0.39 is 0 Å². The molecular weight excluding hydrogens is 278 g/mol. The molecule has 2 aromatic rings. The fraction of sp³-hybridized carbons (Fsp3) is 0.118. The van der Waals surface area contributed by atoms with Crippen molar-refractivity contribution in [2.45, 2.75) is 6.92 Å². The molecule has 5 heteroatoms. The molecule has 0 aliphatic heterocycles. The zero-order valence-corrected chi connectivity index (χ0v) is 12.2. The topological polar surface area (TPSA) is 71.1 Å². The van der Waals surface area contributed by atoms with Crippen LogP contribution >= 0.6 is 0 Å². The molecule has 112 valence electrons. The summed E-state index contributed by atoms with van der Waals surface area (Å²) in [4.78, 5) is 27.6. The Labute approximate surface area is 129 Å². The molecule has 0 aliphatic rings. The van der Waals surface area contributed by atoms with Crippen molar-refractivity contribution in [1.29, 1.82) is 0 Å².